The van der Waals surface area contributed by atoms with E-state index in [9.17, 15) is 47.3 Å². The maximum atomic E-state index is 15.8. The van der Waals surface area contributed by atoms with Gasteiger partial charge in [0.2, 0.25) is 0 Å². The van der Waals surface area contributed by atoms with E-state index in [0.29, 0.717) is 0 Å². The van der Waals surface area contributed by atoms with Crippen molar-refractivity contribution in [2.45, 2.75) is 65.8 Å². The van der Waals surface area contributed by atoms with E-state index >= 15 is 8.78 Å². The Kier molecular flexibility index (Phi) is 15.9. The van der Waals surface area contributed by atoms with Gasteiger partial charge in [-0.25, -0.2) is 26.3 Å². The molecule has 2 aromatic heterocycles. The van der Waals surface area contributed by atoms with Crippen LogP contribution in [0.4, 0.5) is 26.3 Å². The number of ether oxygens (including phenoxy) is 4. The van der Waals surface area contributed by atoms with Crippen LogP contribution in [-0.2, 0) is 45.4 Å². The quantitative estimate of drug-likeness (QED) is 0.0622. The molecule has 0 unspecified atom stereocenters. The lowest BCUT2D eigenvalue weighted by molar-refractivity contribution is -0.155. The Bertz CT molecular complexity index is 2950. The number of nitrogens with zero attached hydrogens (tertiary/aromatic N) is 6. The first kappa shape index (κ1) is 49.7. The van der Waals surface area contributed by atoms with E-state index in [2.05, 4.69) is 10.2 Å². The predicted octanol–water partition coefficient (Wildman–Crippen LogP) is 9.87. The van der Waals surface area contributed by atoms with Crippen LogP contribution < -0.4 is 20.6 Å². The van der Waals surface area contributed by atoms with Crippen LogP contribution in [0.25, 0.3) is 0 Å². The van der Waals surface area contributed by atoms with Gasteiger partial charge in [-0.2, -0.15) is 30.1 Å². The van der Waals surface area contributed by atoms with E-state index in [4.69, 9.17) is 42.1 Å². The van der Waals surface area contributed by atoms with E-state index in [-0.39, 0.29) is 79.2 Å². The molecule has 0 saturated carbocycles. The van der Waals surface area contributed by atoms with Gasteiger partial charge < -0.3 is 18.9 Å². The van der Waals surface area contributed by atoms with Gasteiger partial charge in [-0.1, -0.05) is 35.3 Å². The number of nitriles is 2. The molecule has 6 aromatic rings. The van der Waals surface area contributed by atoms with Crippen molar-refractivity contribution < 1.29 is 54.9 Å². The highest BCUT2D eigenvalue weighted by molar-refractivity contribution is 6.32. The molecule has 0 atom stereocenters. The molecule has 14 nitrogen and oxygen atoms in total. The number of esters is 2. The monoisotopic (exact) mass is 980 g/mol. The molecule has 0 N–H and O–H groups in total. The Hall–Kier alpha value is -7.68. The fourth-order valence-electron chi connectivity index (χ4n) is 6.43. The van der Waals surface area contributed by atoms with Crippen LogP contribution in [0, 0.1) is 48.1 Å². The average Bonchev–Trinajstić information content (AvgIpc) is 3.31. The molecule has 0 aliphatic carbocycles. The molecule has 0 amide bonds. The van der Waals surface area contributed by atoms with Crippen molar-refractivity contribution in [2.75, 3.05) is 0 Å². The van der Waals surface area contributed by atoms with Crippen LogP contribution in [0.2, 0.25) is 10.0 Å². The molecule has 22 heteroatoms. The third-order valence-corrected chi connectivity index (χ3v) is 10.3. The Labute approximate surface area is 391 Å². The van der Waals surface area contributed by atoms with Gasteiger partial charge in [0.15, 0.2) is 36.6 Å². The highest BCUT2D eigenvalue weighted by Crippen LogP contribution is 2.38. The van der Waals surface area contributed by atoms with Crippen LogP contribution in [0.1, 0.15) is 81.6 Å². The van der Waals surface area contributed by atoms with Crippen LogP contribution in [0.5, 0.6) is 23.0 Å². The van der Waals surface area contributed by atoms with Crippen molar-refractivity contribution >= 4 is 35.1 Å². The number of aryl methyl sites for hydroxylation is 2. The van der Waals surface area contributed by atoms with Gasteiger partial charge >= 0.3 is 11.9 Å². The number of halogens is 8. The normalized spacial score (nSPS) is 11.0. The molecule has 68 heavy (non-hydrogen) atoms. The van der Waals surface area contributed by atoms with Gasteiger partial charge in [0.05, 0.1) is 57.5 Å². The highest BCUT2D eigenvalue weighted by atomic mass is 35.5. The molecule has 0 aliphatic rings. The van der Waals surface area contributed by atoms with Gasteiger partial charge in [0.1, 0.15) is 11.5 Å². The topological polar surface area (TPSA) is 188 Å². The van der Waals surface area contributed by atoms with Gasteiger partial charge in [-0.05, 0) is 85.6 Å². The highest BCUT2D eigenvalue weighted by Gasteiger charge is 2.22. The van der Waals surface area contributed by atoms with Crippen LogP contribution in [0.3, 0.4) is 0 Å². The summed E-state index contributed by atoms with van der Waals surface area (Å²) in [6.45, 7) is 1.46. The summed E-state index contributed by atoms with van der Waals surface area (Å²) in [7, 11) is 0. The van der Waals surface area contributed by atoms with E-state index in [0.717, 1.165) is 45.8 Å². The number of carbonyl (C=O) groups is 2. The molecule has 0 bridgehead atoms. The molecule has 6 rings (SSSR count). The van der Waals surface area contributed by atoms with Crippen molar-refractivity contribution in [1.82, 2.24) is 19.6 Å². The molecule has 350 valence electrons. The predicted molar refractivity (Wildman–Crippen MR) is 229 cm³/mol. The van der Waals surface area contributed by atoms with Crippen LogP contribution in [0.15, 0.2) is 82.4 Å². The van der Waals surface area contributed by atoms with Crippen LogP contribution in [-0.4, -0.2) is 31.5 Å². The van der Waals surface area contributed by atoms with E-state index in [1.54, 1.807) is 12.1 Å². The van der Waals surface area contributed by atoms with Gasteiger partial charge in [-0.15, -0.1) is 0 Å². The zero-order valence-corrected chi connectivity index (χ0v) is 36.8. The summed E-state index contributed by atoms with van der Waals surface area (Å²) in [5, 5.41) is 26.4. The Balaban J connectivity index is 1.05. The summed E-state index contributed by atoms with van der Waals surface area (Å²) in [6.07, 6.45) is -7.45. The van der Waals surface area contributed by atoms with Gasteiger partial charge in [0.25, 0.3) is 24.0 Å². The fraction of sp³-hybridized carbons (Fsp3) is 0.217. The number of alkyl halides is 4. The van der Waals surface area contributed by atoms with E-state index in [1.807, 2.05) is 0 Å². The molecular weight excluding hydrogens is 949 g/mol. The Morgan fingerprint density at radius 1 is 0.632 bits per heavy atom. The lowest BCUT2D eigenvalue weighted by Gasteiger charge is -2.14. The van der Waals surface area contributed by atoms with Crippen LogP contribution >= 0.6 is 23.2 Å². The Morgan fingerprint density at radius 2 is 1.01 bits per heavy atom. The summed E-state index contributed by atoms with van der Waals surface area (Å²) < 4.78 is 108. The van der Waals surface area contributed by atoms with Gasteiger partial charge in [0, 0.05) is 35.1 Å². The van der Waals surface area contributed by atoms with E-state index in [1.165, 1.54) is 50.2 Å². The third-order valence-electron chi connectivity index (χ3n) is 9.70. The van der Waals surface area contributed by atoms with Crippen molar-refractivity contribution in [3.05, 3.63) is 171 Å². The molecule has 0 radical (unpaired) electrons. The minimum Gasteiger partial charge on any atom is -0.453 e. The number of aromatic nitrogens is 4. The maximum absolute atomic E-state index is 15.8. The Morgan fingerprint density at radius 3 is 1.37 bits per heavy atom. The first-order valence-electron chi connectivity index (χ1n) is 19.8. The third kappa shape index (κ3) is 12.2. The molecule has 2 heterocycles. The minimum absolute atomic E-state index is 0.0335. The second-order valence-corrected chi connectivity index (χ2v) is 15.5. The number of carbonyl (C=O) groups excluding carboxylic acids is 2. The zero-order chi connectivity index (χ0) is 49.4. The average molecular weight is 982 g/mol. The minimum atomic E-state index is -2.94. The van der Waals surface area contributed by atoms with Crippen molar-refractivity contribution in [3.63, 3.8) is 0 Å². The molecule has 0 fully saturated rings. The van der Waals surface area contributed by atoms with Gasteiger partial charge in [-0.3, -0.25) is 19.2 Å². The number of benzene rings is 4. The molecular formula is C46H32Cl2F6N6O8. The summed E-state index contributed by atoms with van der Waals surface area (Å²) in [4.78, 5) is 51.0. The number of hydrogen-bond donors (Lipinski definition) is 0. The lowest BCUT2D eigenvalue weighted by atomic mass is 10.1. The number of rotatable bonds is 17. The largest absolute Gasteiger partial charge is 0.453 e. The summed E-state index contributed by atoms with van der Waals surface area (Å²) in [5.41, 5.74) is -2.22. The smallest absolute Gasteiger partial charge is 0.308 e. The zero-order valence-electron chi connectivity index (χ0n) is 35.3. The second kappa shape index (κ2) is 21.7. The molecule has 0 aliphatic heterocycles. The first-order valence-corrected chi connectivity index (χ1v) is 20.5. The molecule has 4 aromatic carbocycles. The van der Waals surface area contributed by atoms with Crippen molar-refractivity contribution in [2.24, 2.45) is 0 Å². The SMILES string of the molecule is Cc1cc(Cc2ccc(Cl)c(Oc3cc(C#N)cc(C(F)F)c3)c2F)nn(COC(=O)CCC(=O)OCn2nc(Cc3ccc(Cl)c(Oc4cc(C#N)cc(C(F)F)c4)c3F)cc(C)c2=O)c1=O. The maximum Gasteiger partial charge on any atom is 0.308 e. The summed E-state index contributed by atoms with van der Waals surface area (Å²) in [5.74, 6) is -5.43. The fourth-order valence-corrected chi connectivity index (χ4v) is 6.80. The summed E-state index contributed by atoms with van der Waals surface area (Å²) in [6, 6.07) is 17.4. The van der Waals surface area contributed by atoms with Crippen molar-refractivity contribution in [3.8, 4) is 35.1 Å². The summed E-state index contributed by atoms with van der Waals surface area (Å²) >= 11 is 12.4. The lowest BCUT2D eigenvalue weighted by Crippen LogP contribution is -2.29. The van der Waals surface area contributed by atoms with E-state index < -0.39 is 96.5 Å². The number of hydrogen-bond acceptors (Lipinski definition) is 12. The first-order chi connectivity index (χ1) is 32.3. The molecule has 0 spiro atoms. The second-order valence-electron chi connectivity index (χ2n) is 14.7. The standard InChI is InChI=1S/C46H32Cl2F6N6O8/c1-23-9-31(15-27-3-5-35(47)41(39(27)49)67-33-13-25(19-55)11-29(17-33)43(51)52)57-59(45(23)63)21-65-37(61)7-8-38(62)66-22-60-46(64)24(2)10-32(58-60)16-28-4-6-36(48)42(40(28)50)68-34-14-26(20-56)12-30(18-34)44(53)54/h3-6,9-14,17-18,43-44H,7-8,15-16,21-22H2,1-2H3. The van der Waals surface area contributed by atoms with Crippen molar-refractivity contribution in [1.29, 1.82) is 10.5 Å². The molecule has 0 saturated heterocycles.